The third-order valence-corrected chi connectivity index (χ3v) is 6.49. The van der Waals surface area contributed by atoms with Gasteiger partial charge in [0.05, 0.1) is 6.61 Å². The van der Waals surface area contributed by atoms with Crippen molar-refractivity contribution >= 4 is 23.4 Å². The molecule has 0 aromatic heterocycles. The summed E-state index contributed by atoms with van der Waals surface area (Å²) in [6, 6.07) is 14.8. The molecule has 0 aliphatic carbocycles. The van der Waals surface area contributed by atoms with Gasteiger partial charge < -0.3 is 9.47 Å². The lowest BCUT2D eigenvalue weighted by atomic mass is 9.99. The van der Waals surface area contributed by atoms with E-state index in [0.717, 1.165) is 23.6 Å². The molecule has 2 aromatic rings. The van der Waals surface area contributed by atoms with Crippen LogP contribution in [0.2, 0.25) is 5.02 Å². The Morgan fingerprint density at radius 3 is 2.64 bits per heavy atom. The molecule has 2 aromatic carbocycles. The van der Waals surface area contributed by atoms with E-state index in [9.17, 15) is 0 Å². The summed E-state index contributed by atoms with van der Waals surface area (Å²) in [5.74, 6) is 0.912. The highest BCUT2D eigenvalue weighted by molar-refractivity contribution is 8.00. The van der Waals surface area contributed by atoms with Gasteiger partial charge in [-0.1, -0.05) is 35.9 Å². The molecule has 2 nitrogen and oxygen atoms in total. The third kappa shape index (κ3) is 4.93. The van der Waals surface area contributed by atoms with Gasteiger partial charge in [0.1, 0.15) is 11.2 Å². The lowest BCUT2D eigenvalue weighted by Crippen LogP contribution is -2.14. The molecule has 134 valence electrons. The Balaban J connectivity index is 1.75. The maximum atomic E-state index is 6.47. The molecule has 1 fully saturated rings. The summed E-state index contributed by atoms with van der Waals surface area (Å²) in [6.07, 6.45) is 4.40. The highest BCUT2D eigenvalue weighted by Gasteiger charge is 2.24. The summed E-state index contributed by atoms with van der Waals surface area (Å²) in [6.45, 7) is 2.69. The van der Waals surface area contributed by atoms with Crippen LogP contribution in [0.5, 0.6) is 5.75 Å². The number of hydrogen-bond acceptors (Lipinski definition) is 3. The molecule has 1 saturated heterocycles. The molecule has 0 saturated carbocycles. The molecule has 3 rings (SSSR count). The molecular formula is C21H25ClO2S. The lowest BCUT2D eigenvalue weighted by Gasteiger charge is -2.28. The van der Waals surface area contributed by atoms with Crippen molar-refractivity contribution < 1.29 is 9.47 Å². The number of methoxy groups -OCH3 is 1. The Hall–Kier alpha value is -1.16. The Bertz CT molecular complexity index is 687. The van der Waals surface area contributed by atoms with Crippen LogP contribution in [0.3, 0.4) is 0 Å². The fourth-order valence-electron chi connectivity index (χ4n) is 3.23. The maximum absolute atomic E-state index is 6.47. The van der Waals surface area contributed by atoms with E-state index >= 15 is 0 Å². The Morgan fingerprint density at radius 1 is 1.12 bits per heavy atom. The molecule has 2 atom stereocenters. The number of ether oxygens (including phenoxy) is 2. The minimum atomic E-state index is 0.309. The number of hydrogen-bond donors (Lipinski definition) is 0. The fourth-order valence-corrected chi connectivity index (χ4v) is 4.80. The van der Waals surface area contributed by atoms with Gasteiger partial charge in [0, 0.05) is 17.4 Å². The van der Waals surface area contributed by atoms with Crippen LogP contribution in [0, 0.1) is 0 Å². The van der Waals surface area contributed by atoms with E-state index in [-0.39, 0.29) is 0 Å². The van der Waals surface area contributed by atoms with E-state index in [0.29, 0.717) is 17.3 Å². The molecule has 0 unspecified atom stereocenters. The van der Waals surface area contributed by atoms with Crippen LogP contribution in [0.4, 0.5) is 0 Å². The van der Waals surface area contributed by atoms with Gasteiger partial charge in [0.15, 0.2) is 0 Å². The van der Waals surface area contributed by atoms with Crippen LogP contribution in [0.1, 0.15) is 48.1 Å². The van der Waals surface area contributed by atoms with Crippen molar-refractivity contribution in [2.75, 3.05) is 13.7 Å². The molecule has 1 heterocycles. The summed E-state index contributed by atoms with van der Waals surface area (Å²) in [5, 5.41) is 1.33. The average Bonchev–Trinajstić information content (AvgIpc) is 2.65. The van der Waals surface area contributed by atoms with E-state index in [1.807, 2.05) is 36.9 Å². The molecule has 4 heteroatoms. The van der Waals surface area contributed by atoms with Crippen LogP contribution >= 0.6 is 23.4 Å². The van der Waals surface area contributed by atoms with Crippen LogP contribution in [-0.2, 0) is 11.2 Å². The maximum Gasteiger partial charge on any atom is 0.119 e. The van der Waals surface area contributed by atoms with Crippen molar-refractivity contribution in [2.45, 2.75) is 43.3 Å². The fraction of sp³-hybridized carbons (Fsp3) is 0.429. The van der Waals surface area contributed by atoms with E-state index in [1.54, 1.807) is 7.11 Å². The normalized spacial score (nSPS) is 20.4. The van der Waals surface area contributed by atoms with Crippen molar-refractivity contribution in [2.24, 2.45) is 0 Å². The summed E-state index contributed by atoms with van der Waals surface area (Å²) in [7, 11) is 1.80. The van der Waals surface area contributed by atoms with Crippen LogP contribution in [0.25, 0.3) is 0 Å². The molecule has 0 N–H and O–H groups in total. The van der Waals surface area contributed by atoms with E-state index < -0.39 is 0 Å². The van der Waals surface area contributed by atoms with Crippen LogP contribution < -0.4 is 4.74 Å². The Kier molecular flexibility index (Phi) is 6.69. The smallest absolute Gasteiger partial charge is 0.119 e. The first-order valence-electron chi connectivity index (χ1n) is 8.88. The van der Waals surface area contributed by atoms with Crippen molar-refractivity contribution in [3.63, 3.8) is 0 Å². The number of benzene rings is 2. The van der Waals surface area contributed by atoms with E-state index in [4.69, 9.17) is 21.1 Å². The number of halogens is 1. The van der Waals surface area contributed by atoms with Crippen molar-refractivity contribution in [3.05, 3.63) is 64.2 Å². The van der Waals surface area contributed by atoms with Gasteiger partial charge in [0.25, 0.3) is 0 Å². The van der Waals surface area contributed by atoms with Crippen LogP contribution in [0.15, 0.2) is 42.5 Å². The first kappa shape index (κ1) is 18.6. The zero-order valence-electron chi connectivity index (χ0n) is 14.8. The van der Waals surface area contributed by atoms with Crippen LogP contribution in [-0.4, -0.2) is 19.2 Å². The van der Waals surface area contributed by atoms with Gasteiger partial charge in [0.2, 0.25) is 0 Å². The summed E-state index contributed by atoms with van der Waals surface area (Å²) < 4.78 is 11.1. The van der Waals surface area contributed by atoms with Gasteiger partial charge in [-0.2, -0.15) is 0 Å². The monoisotopic (exact) mass is 376 g/mol. The molecule has 25 heavy (non-hydrogen) atoms. The second kappa shape index (κ2) is 8.98. The standard InChI is InChI=1S/C21H25ClO2S/c1-3-24-18-10-7-15(8-11-18)13-17-14-16(9-12-19(17)22)20-5-4-6-21(23-2)25-20/h7-12,14,20-21H,3-6,13H2,1-2H3/t20-,21+/m0/s1. The highest BCUT2D eigenvalue weighted by atomic mass is 35.5. The molecule has 0 radical (unpaired) electrons. The molecule has 0 amide bonds. The second-order valence-corrected chi connectivity index (χ2v) is 8.10. The highest BCUT2D eigenvalue weighted by Crippen LogP contribution is 2.43. The predicted molar refractivity (Wildman–Crippen MR) is 107 cm³/mol. The molecule has 0 spiro atoms. The molecule has 1 aliphatic heterocycles. The average molecular weight is 377 g/mol. The predicted octanol–water partition coefficient (Wildman–Crippen LogP) is 6.26. The second-order valence-electron chi connectivity index (χ2n) is 6.33. The summed E-state index contributed by atoms with van der Waals surface area (Å²) >= 11 is 8.40. The van der Waals surface area contributed by atoms with Crippen molar-refractivity contribution in [1.29, 1.82) is 0 Å². The first-order chi connectivity index (χ1) is 12.2. The minimum Gasteiger partial charge on any atom is -0.494 e. The zero-order valence-corrected chi connectivity index (χ0v) is 16.4. The van der Waals surface area contributed by atoms with E-state index in [2.05, 4.69) is 24.3 Å². The van der Waals surface area contributed by atoms with Gasteiger partial charge in [-0.15, -0.1) is 11.8 Å². The SMILES string of the molecule is CCOc1ccc(Cc2cc([C@@H]3CCC[C@H](OC)S3)ccc2Cl)cc1. The molecule has 1 aliphatic rings. The Labute approximate surface area is 159 Å². The minimum absolute atomic E-state index is 0.309. The zero-order chi connectivity index (χ0) is 17.6. The van der Waals surface area contributed by atoms with Gasteiger partial charge >= 0.3 is 0 Å². The largest absolute Gasteiger partial charge is 0.494 e. The summed E-state index contributed by atoms with van der Waals surface area (Å²) in [4.78, 5) is 0. The first-order valence-corrected chi connectivity index (χ1v) is 10.2. The quantitative estimate of drug-likeness (QED) is 0.592. The Morgan fingerprint density at radius 2 is 1.92 bits per heavy atom. The van der Waals surface area contributed by atoms with E-state index in [1.165, 1.54) is 29.5 Å². The van der Waals surface area contributed by atoms with Crippen molar-refractivity contribution in [3.8, 4) is 5.75 Å². The molecular weight excluding hydrogens is 352 g/mol. The van der Waals surface area contributed by atoms with Gasteiger partial charge in [-0.25, -0.2) is 0 Å². The van der Waals surface area contributed by atoms with Crippen molar-refractivity contribution in [1.82, 2.24) is 0 Å². The summed E-state index contributed by atoms with van der Waals surface area (Å²) in [5.41, 5.74) is 4.10. The topological polar surface area (TPSA) is 18.5 Å². The van der Waals surface area contributed by atoms with Gasteiger partial charge in [-0.05, 0) is 67.5 Å². The number of thioether (sulfide) groups is 1. The number of rotatable bonds is 6. The molecule has 0 bridgehead atoms. The third-order valence-electron chi connectivity index (χ3n) is 4.56. The lowest BCUT2D eigenvalue weighted by molar-refractivity contribution is 0.158. The van der Waals surface area contributed by atoms with Gasteiger partial charge in [-0.3, -0.25) is 0 Å².